The molecule has 1 saturated carbocycles. The number of hydrogen-bond donors (Lipinski definition) is 1. The van der Waals surface area contributed by atoms with Gasteiger partial charge in [-0.2, -0.15) is 15.0 Å². The Morgan fingerprint density at radius 3 is 2.69 bits per heavy atom. The molecule has 2 fully saturated rings. The molecule has 2 aromatic heterocycles. The van der Waals surface area contributed by atoms with Gasteiger partial charge in [0.25, 0.3) is 6.01 Å². The Balaban J connectivity index is 1.56. The third-order valence-electron chi connectivity index (χ3n) is 6.31. The Hall–Kier alpha value is -2.09. The first-order valence-corrected chi connectivity index (χ1v) is 11.1. The number of imidazole rings is 1. The van der Waals surface area contributed by atoms with Crippen LogP contribution < -0.4 is 15.2 Å². The lowest BCUT2D eigenvalue weighted by atomic mass is 9.96. The lowest BCUT2D eigenvalue weighted by molar-refractivity contribution is 0.116. The number of methoxy groups -OCH3 is 1. The Bertz CT molecular complexity index is 817. The SMILES string of the molecule is CCCCOc1nc(N)c2nc(OC)n(CC3CCCN(C4CCCC4)C3)c2n1. The van der Waals surface area contributed by atoms with E-state index in [1.54, 1.807) is 7.11 Å². The minimum atomic E-state index is 0.323. The van der Waals surface area contributed by atoms with Crippen LogP contribution in [-0.2, 0) is 6.54 Å². The lowest BCUT2D eigenvalue weighted by Gasteiger charge is -2.37. The topological polar surface area (TPSA) is 91.3 Å². The molecule has 1 unspecified atom stereocenters. The summed E-state index contributed by atoms with van der Waals surface area (Å²) < 4.78 is 13.3. The monoisotopic (exact) mass is 402 g/mol. The molecule has 2 aromatic rings. The molecule has 4 rings (SSSR count). The summed E-state index contributed by atoms with van der Waals surface area (Å²) in [6, 6.07) is 1.64. The number of hydrogen-bond acceptors (Lipinski definition) is 7. The molecule has 0 amide bonds. The fourth-order valence-electron chi connectivity index (χ4n) is 4.78. The summed E-state index contributed by atoms with van der Waals surface area (Å²) in [5, 5.41) is 0. The molecule has 160 valence electrons. The molecule has 8 nitrogen and oxygen atoms in total. The maximum Gasteiger partial charge on any atom is 0.320 e. The molecular weight excluding hydrogens is 368 g/mol. The van der Waals surface area contributed by atoms with Crippen LogP contribution in [0.1, 0.15) is 58.3 Å². The fraction of sp³-hybridized carbons (Fsp3) is 0.762. The Morgan fingerprint density at radius 2 is 1.93 bits per heavy atom. The van der Waals surface area contributed by atoms with Crippen LogP contribution in [0.25, 0.3) is 11.2 Å². The van der Waals surface area contributed by atoms with Gasteiger partial charge in [0.15, 0.2) is 17.0 Å². The van der Waals surface area contributed by atoms with Gasteiger partial charge in [-0.05, 0) is 44.6 Å². The van der Waals surface area contributed by atoms with Gasteiger partial charge in [0, 0.05) is 19.1 Å². The second-order valence-electron chi connectivity index (χ2n) is 8.42. The standard InChI is InChI=1S/C21H34N6O2/c1-3-4-12-29-20-24-18(22)17-19(25-20)27(21(23-17)28-2)14-15-8-7-11-26(13-15)16-9-5-6-10-16/h15-16H,3-14H2,1-2H3,(H2,22,24,25). The number of ether oxygens (including phenoxy) is 2. The van der Waals surface area contributed by atoms with E-state index < -0.39 is 0 Å². The molecule has 0 radical (unpaired) electrons. The number of nitrogens with zero attached hydrogens (tertiary/aromatic N) is 5. The van der Waals surface area contributed by atoms with Crippen LogP contribution in [0.2, 0.25) is 0 Å². The Kier molecular flexibility index (Phi) is 6.37. The van der Waals surface area contributed by atoms with Crippen molar-refractivity contribution in [3.63, 3.8) is 0 Å². The number of aromatic nitrogens is 4. The van der Waals surface area contributed by atoms with Gasteiger partial charge in [0.1, 0.15) is 0 Å². The molecule has 1 aliphatic heterocycles. The van der Waals surface area contributed by atoms with Crippen molar-refractivity contribution in [3.8, 4) is 12.0 Å². The molecule has 0 bridgehead atoms. The van der Waals surface area contributed by atoms with Gasteiger partial charge in [-0.1, -0.05) is 26.2 Å². The van der Waals surface area contributed by atoms with Crippen molar-refractivity contribution in [3.05, 3.63) is 0 Å². The van der Waals surface area contributed by atoms with Crippen molar-refractivity contribution >= 4 is 17.0 Å². The van der Waals surface area contributed by atoms with E-state index in [2.05, 4.69) is 31.3 Å². The first-order valence-electron chi connectivity index (χ1n) is 11.1. The lowest BCUT2D eigenvalue weighted by Crippen LogP contribution is -2.42. The quantitative estimate of drug-likeness (QED) is 0.678. The second kappa shape index (κ2) is 9.15. The van der Waals surface area contributed by atoms with Gasteiger partial charge < -0.3 is 20.1 Å². The zero-order valence-corrected chi connectivity index (χ0v) is 17.8. The zero-order valence-electron chi connectivity index (χ0n) is 17.8. The van der Waals surface area contributed by atoms with Crippen LogP contribution in [-0.4, -0.2) is 57.3 Å². The summed E-state index contributed by atoms with van der Waals surface area (Å²) in [6.45, 7) is 5.90. The van der Waals surface area contributed by atoms with Gasteiger partial charge in [-0.25, -0.2) is 0 Å². The highest BCUT2D eigenvalue weighted by Gasteiger charge is 2.29. The molecular formula is C21H34N6O2. The fourth-order valence-corrected chi connectivity index (χ4v) is 4.78. The average molecular weight is 403 g/mol. The van der Waals surface area contributed by atoms with Crippen LogP contribution in [0.4, 0.5) is 5.82 Å². The molecule has 29 heavy (non-hydrogen) atoms. The number of anilines is 1. The van der Waals surface area contributed by atoms with Crippen molar-refractivity contribution in [1.29, 1.82) is 0 Å². The van der Waals surface area contributed by atoms with E-state index in [1.165, 1.54) is 45.1 Å². The summed E-state index contributed by atoms with van der Waals surface area (Å²) in [5.74, 6) is 0.895. The van der Waals surface area contributed by atoms with E-state index in [-0.39, 0.29) is 0 Å². The normalized spacial score (nSPS) is 21.1. The smallest absolute Gasteiger partial charge is 0.320 e. The van der Waals surface area contributed by atoms with Crippen LogP contribution in [0.3, 0.4) is 0 Å². The highest BCUT2D eigenvalue weighted by molar-refractivity contribution is 5.83. The molecule has 2 N–H and O–H groups in total. The molecule has 1 atom stereocenters. The number of rotatable bonds is 8. The Morgan fingerprint density at radius 1 is 1.10 bits per heavy atom. The van der Waals surface area contributed by atoms with Crippen molar-refractivity contribution in [2.45, 2.75) is 70.9 Å². The predicted molar refractivity (Wildman–Crippen MR) is 113 cm³/mol. The summed E-state index contributed by atoms with van der Waals surface area (Å²) in [4.78, 5) is 16.2. The maximum atomic E-state index is 6.17. The van der Waals surface area contributed by atoms with Gasteiger partial charge in [-0.3, -0.25) is 4.57 Å². The van der Waals surface area contributed by atoms with Gasteiger partial charge in [0.2, 0.25) is 0 Å². The Labute approximate surface area is 172 Å². The predicted octanol–water partition coefficient (Wildman–Crippen LogP) is 3.25. The van der Waals surface area contributed by atoms with Gasteiger partial charge in [-0.15, -0.1) is 0 Å². The van der Waals surface area contributed by atoms with E-state index >= 15 is 0 Å². The summed E-state index contributed by atoms with van der Waals surface area (Å²) in [5.41, 5.74) is 7.46. The van der Waals surface area contributed by atoms with E-state index in [0.717, 1.165) is 32.0 Å². The van der Waals surface area contributed by atoms with E-state index in [1.807, 2.05) is 0 Å². The first-order chi connectivity index (χ1) is 14.2. The third kappa shape index (κ3) is 4.42. The molecule has 1 aliphatic carbocycles. The van der Waals surface area contributed by atoms with Crippen molar-refractivity contribution in [2.75, 3.05) is 32.5 Å². The highest BCUT2D eigenvalue weighted by Crippen LogP contribution is 2.31. The molecule has 1 saturated heterocycles. The van der Waals surface area contributed by atoms with Gasteiger partial charge in [0.05, 0.1) is 13.7 Å². The minimum absolute atomic E-state index is 0.323. The number of nitrogen functional groups attached to an aromatic ring is 1. The van der Waals surface area contributed by atoms with Crippen LogP contribution >= 0.6 is 0 Å². The molecule has 8 heteroatoms. The van der Waals surface area contributed by atoms with Crippen LogP contribution in [0, 0.1) is 5.92 Å². The summed E-state index contributed by atoms with van der Waals surface area (Å²) >= 11 is 0. The van der Waals surface area contributed by atoms with Crippen LogP contribution in [0.15, 0.2) is 0 Å². The zero-order chi connectivity index (χ0) is 20.2. The minimum Gasteiger partial charge on any atom is -0.468 e. The van der Waals surface area contributed by atoms with E-state index in [0.29, 0.717) is 41.5 Å². The summed E-state index contributed by atoms with van der Waals surface area (Å²) in [7, 11) is 1.64. The summed E-state index contributed by atoms with van der Waals surface area (Å²) in [6.07, 6.45) is 9.95. The molecule has 3 heterocycles. The van der Waals surface area contributed by atoms with E-state index in [4.69, 9.17) is 15.2 Å². The number of piperidine rings is 1. The third-order valence-corrected chi connectivity index (χ3v) is 6.31. The van der Waals surface area contributed by atoms with Crippen molar-refractivity contribution < 1.29 is 9.47 Å². The second-order valence-corrected chi connectivity index (χ2v) is 8.42. The molecule has 2 aliphatic rings. The largest absolute Gasteiger partial charge is 0.468 e. The van der Waals surface area contributed by atoms with Gasteiger partial charge >= 0.3 is 6.01 Å². The maximum absolute atomic E-state index is 6.17. The average Bonchev–Trinajstić information content (AvgIpc) is 3.38. The molecule has 0 spiro atoms. The number of unbranched alkanes of at least 4 members (excludes halogenated alkanes) is 1. The highest BCUT2D eigenvalue weighted by atomic mass is 16.5. The van der Waals surface area contributed by atoms with E-state index in [9.17, 15) is 0 Å². The first kappa shape index (κ1) is 20.2. The number of likely N-dealkylation sites (tertiary alicyclic amines) is 1. The van der Waals surface area contributed by atoms with Crippen LogP contribution in [0.5, 0.6) is 12.0 Å². The van der Waals surface area contributed by atoms with Crippen molar-refractivity contribution in [2.24, 2.45) is 5.92 Å². The van der Waals surface area contributed by atoms with Crippen molar-refractivity contribution in [1.82, 2.24) is 24.4 Å². The number of fused-ring (bicyclic) bond motifs is 1. The molecule has 0 aromatic carbocycles. The number of nitrogens with two attached hydrogens (primary N) is 1.